The van der Waals surface area contributed by atoms with Crippen LogP contribution in [0, 0.1) is 0 Å². The highest BCUT2D eigenvalue weighted by Crippen LogP contribution is 2.31. The Kier molecular flexibility index (Phi) is 5.68. The monoisotopic (exact) mass is 391 g/mol. The van der Waals surface area contributed by atoms with Gasteiger partial charge in [-0.1, -0.05) is 35.9 Å². The van der Waals surface area contributed by atoms with Gasteiger partial charge in [0.2, 0.25) is 5.91 Å². The minimum absolute atomic E-state index is 0.0429. The summed E-state index contributed by atoms with van der Waals surface area (Å²) in [6.07, 6.45) is 4.76. The van der Waals surface area contributed by atoms with Crippen molar-refractivity contribution in [2.75, 3.05) is 6.54 Å². The van der Waals surface area contributed by atoms with E-state index in [1.807, 2.05) is 65.6 Å². The molecule has 1 aromatic carbocycles. The van der Waals surface area contributed by atoms with Gasteiger partial charge >= 0.3 is 0 Å². The fraction of sp³-hybridized carbons (Fsp3) is 0.261. The van der Waals surface area contributed by atoms with Gasteiger partial charge in [-0.25, -0.2) is 0 Å². The van der Waals surface area contributed by atoms with Gasteiger partial charge in [-0.3, -0.25) is 14.8 Å². The summed E-state index contributed by atoms with van der Waals surface area (Å²) in [5.41, 5.74) is 3.95. The van der Waals surface area contributed by atoms with Crippen LogP contribution in [-0.4, -0.2) is 27.3 Å². The molecule has 0 N–H and O–H groups in total. The van der Waals surface area contributed by atoms with Gasteiger partial charge in [-0.15, -0.1) is 0 Å². The molecule has 1 atom stereocenters. The van der Waals surface area contributed by atoms with E-state index in [1.165, 1.54) is 5.56 Å². The summed E-state index contributed by atoms with van der Waals surface area (Å²) in [5, 5.41) is 0.735. The maximum atomic E-state index is 12.9. The number of carbonyl (C=O) groups excluding carboxylic acids is 1. The predicted octanol–water partition coefficient (Wildman–Crippen LogP) is 4.63. The maximum Gasteiger partial charge on any atom is 0.229 e. The highest BCUT2D eigenvalue weighted by molar-refractivity contribution is 6.30. The fourth-order valence-corrected chi connectivity index (χ4v) is 3.85. The third-order valence-corrected chi connectivity index (χ3v) is 5.35. The lowest BCUT2D eigenvalue weighted by Crippen LogP contribution is -2.32. The van der Waals surface area contributed by atoms with Crippen LogP contribution < -0.4 is 0 Å². The summed E-state index contributed by atoms with van der Waals surface area (Å²) in [7, 11) is 0. The summed E-state index contributed by atoms with van der Waals surface area (Å²) >= 11 is 5.97. The molecule has 1 aliphatic heterocycles. The average molecular weight is 392 g/mol. The van der Waals surface area contributed by atoms with E-state index < -0.39 is 0 Å². The summed E-state index contributed by atoms with van der Waals surface area (Å²) < 4.78 is 0. The van der Waals surface area contributed by atoms with E-state index >= 15 is 0 Å². The molecule has 3 aromatic rings. The highest BCUT2D eigenvalue weighted by Gasteiger charge is 2.31. The quantitative estimate of drug-likeness (QED) is 0.637. The summed E-state index contributed by atoms with van der Waals surface area (Å²) in [6, 6.07) is 19.7. The van der Waals surface area contributed by atoms with Crippen LogP contribution in [-0.2, 0) is 17.6 Å². The molecular formula is C23H22ClN3O. The lowest BCUT2D eigenvalue weighted by molar-refractivity contribution is -0.131. The zero-order valence-electron chi connectivity index (χ0n) is 15.6. The normalized spacial score (nSPS) is 16.3. The SMILES string of the molecule is O=C(Cc1ccccn1)N1CCCC1c1cccc(Cc2ccc(Cl)cc2)n1. The number of benzene rings is 1. The molecule has 142 valence electrons. The van der Waals surface area contributed by atoms with Gasteiger partial charge < -0.3 is 4.90 Å². The van der Waals surface area contributed by atoms with Crippen LogP contribution >= 0.6 is 11.6 Å². The Balaban J connectivity index is 1.49. The molecule has 5 heteroatoms. The number of carbonyl (C=O) groups is 1. The Hall–Kier alpha value is -2.72. The van der Waals surface area contributed by atoms with E-state index in [2.05, 4.69) is 4.98 Å². The number of nitrogens with zero attached hydrogens (tertiary/aromatic N) is 3. The third kappa shape index (κ3) is 4.39. The Morgan fingerprint density at radius 1 is 1.04 bits per heavy atom. The van der Waals surface area contributed by atoms with E-state index in [0.717, 1.165) is 47.9 Å². The molecule has 0 spiro atoms. The van der Waals surface area contributed by atoms with E-state index in [0.29, 0.717) is 6.42 Å². The molecule has 0 saturated carbocycles. The number of likely N-dealkylation sites (tertiary alicyclic amines) is 1. The zero-order chi connectivity index (χ0) is 19.3. The van der Waals surface area contributed by atoms with Crippen LogP contribution in [0.25, 0.3) is 0 Å². The average Bonchev–Trinajstić information content (AvgIpc) is 3.21. The topological polar surface area (TPSA) is 46.1 Å². The molecule has 1 saturated heterocycles. The minimum Gasteiger partial charge on any atom is -0.334 e. The van der Waals surface area contributed by atoms with E-state index in [-0.39, 0.29) is 11.9 Å². The van der Waals surface area contributed by atoms with Gasteiger partial charge in [0.1, 0.15) is 0 Å². The van der Waals surface area contributed by atoms with Crippen molar-refractivity contribution in [2.45, 2.75) is 31.7 Å². The Bertz CT molecular complexity index is 944. The molecular weight excluding hydrogens is 370 g/mol. The second kappa shape index (κ2) is 8.53. The molecule has 28 heavy (non-hydrogen) atoms. The van der Waals surface area contributed by atoms with Crippen molar-refractivity contribution >= 4 is 17.5 Å². The number of aromatic nitrogens is 2. The second-order valence-corrected chi connectivity index (χ2v) is 7.54. The van der Waals surface area contributed by atoms with Crippen LogP contribution in [0.5, 0.6) is 0 Å². The highest BCUT2D eigenvalue weighted by atomic mass is 35.5. The van der Waals surface area contributed by atoms with Crippen molar-refractivity contribution in [2.24, 2.45) is 0 Å². The van der Waals surface area contributed by atoms with Gasteiger partial charge in [-0.05, 0) is 54.8 Å². The molecule has 1 aliphatic rings. The first-order valence-corrected chi connectivity index (χ1v) is 9.96. The van der Waals surface area contributed by atoms with E-state index in [9.17, 15) is 4.79 Å². The number of hydrogen-bond acceptors (Lipinski definition) is 3. The van der Waals surface area contributed by atoms with Crippen molar-refractivity contribution < 1.29 is 4.79 Å². The Morgan fingerprint density at radius 3 is 2.64 bits per heavy atom. The first-order chi connectivity index (χ1) is 13.7. The molecule has 3 heterocycles. The first-order valence-electron chi connectivity index (χ1n) is 9.59. The van der Waals surface area contributed by atoms with Crippen molar-refractivity contribution in [3.63, 3.8) is 0 Å². The van der Waals surface area contributed by atoms with Gasteiger partial charge in [0, 0.05) is 35.6 Å². The van der Waals surface area contributed by atoms with Crippen LogP contribution in [0.1, 0.15) is 41.5 Å². The number of pyridine rings is 2. The van der Waals surface area contributed by atoms with Crippen molar-refractivity contribution in [1.29, 1.82) is 0 Å². The standard InChI is InChI=1S/C23H22ClN3O/c24-18-11-9-17(10-12-18)15-20-6-3-7-21(26-20)22-8-4-14-27(22)23(28)16-19-5-1-2-13-25-19/h1-3,5-7,9-13,22H,4,8,14-16H2. The summed E-state index contributed by atoms with van der Waals surface area (Å²) in [4.78, 5) is 24.0. The molecule has 1 amide bonds. The summed E-state index contributed by atoms with van der Waals surface area (Å²) in [5.74, 6) is 0.117. The Morgan fingerprint density at radius 2 is 1.86 bits per heavy atom. The molecule has 4 nitrogen and oxygen atoms in total. The molecule has 0 aliphatic carbocycles. The number of hydrogen-bond donors (Lipinski definition) is 0. The number of halogens is 1. The first kappa shape index (κ1) is 18.6. The van der Waals surface area contributed by atoms with Crippen LogP contribution in [0.2, 0.25) is 5.02 Å². The molecule has 1 unspecified atom stereocenters. The number of rotatable bonds is 5. The molecule has 0 radical (unpaired) electrons. The largest absolute Gasteiger partial charge is 0.334 e. The van der Waals surface area contributed by atoms with E-state index in [4.69, 9.17) is 16.6 Å². The van der Waals surface area contributed by atoms with Gasteiger partial charge in [-0.2, -0.15) is 0 Å². The van der Waals surface area contributed by atoms with Crippen molar-refractivity contribution in [1.82, 2.24) is 14.9 Å². The molecule has 4 rings (SSSR count). The fourth-order valence-electron chi connectivity index (χ4n) is 3.73. The van der Waals surface area contributed by atoms with Crippen molar-refractivity contribution in [3.8, 4) is 0 Å². The van der Waals surface area contributed by atoms with Gasteiger partial charge in [0.05, 0.1) is 18.2 Å². The second-order valence-electron chi connectivity index (χ2n) is 7.10. The van der Waals surface area contributed by atoms with Crippen molar-refractivity contribution in [3.05, 3.63) is 94.5 Å². The lowest BCUT2D eigenvalue weighted by atomic mass is 10.1. The molecule has 1 fully saturated rings. The lowest BCUT2D eigenvalue weighted by Gasteiger charge is -2.24. The zero-order valence-corrected chi connectivity index (χ0v) is 16.3. The van der Waals surface area contributed by atoms with Gasteiger partial charge in [0.15, 0.2) is 0 Å². The van der Waals surface area contributed by atoms with Crippen LogP contribution in [0.3, 0.4) is 0 Å². The van der Waals surface area contributed by atoms with E-state index in [1.54, 1.807) is 6.20 Å². The summed E-state index contributed by atoms with van der Waals surface area (Å²) in [6.45, 7) is 0.777. The minimum atomic E-state index is 0.0429. The molecule has 2 aromatic heterocycles. The van der Waals surface area contributed by atoms with Crippen LogP contribution in [0.15, 0.2) is 66.9 Å². The van der Waals surface area contributed by atoms with Gasteiger partial charge in [0.25, 0.3) is 0 Å². The number of amides is 1. The third-order valence-electron chi connectivity index (χ3n) is 5.10. The maximum absolute atomic E-state index is 12.9. The Labute approximate surface area is 170 Å². The smallest absolute Gasteiger partial charge is 0.229 e. The molecule has 0 bridgehead atoms. The predicted molar refractivity (Wildman–Crippen MR) is 110 cm³/mol. The van der Waals surface area contributed by atoms with Crippen LogP contribution in [0.4, 0.5) is 0 Å².